The molecule has 5 rings (SSSR count). The zero-order valence-corrected chi connectivity index (χ0v) is 21.8. The minimum absolute atomic E-state index is 0.137. The monoisotopic (exact) mass is 424 g/mol. The third-order valence-electron chi connectivity index (χ3n) is 12.5. The third-order valence-corrected chi connectivity index (χ3v) is 12.5. The molecule has 31 heavy (non-hydrogen) atoms. The highest BCUT2D eigenvalue weighted by atomic mass is 16.1. The van der Waals surface area contributed by atoms with E-state index in [2.05, 4.69) is 61.5 Å². The predicted octanol–water partition coefficient (Wildman–Crippen LogP) is 8.38. The first kappa shape index (κ1) is 22.2. The molecule has 4 fully saturated rings. The van der Waals surface area contributed by atoms with Crippen LogP contribution in [0.5, 0.6) is 0 Å². The van der Waals surface area contributed by atoms with Crippen LogP contribution < -0.4 is 0 Å². The summed E-state index contributed by atoms with van der Waals surface area (Å²) >= 11 is 0. The van der Waals surface area contributed by atoms with Crippen molar-refractivity contribution in [2.75, 3.05) is 0 Å². The quantitative estimate of drug-likeness (QED) is 0.357. The Morgan fingerprint density at radius 2 is 1.35 bits per heavy atom. The average Bonchev–Trinajstić information content (AvgIpc) is 2.66. The Labute approximate surface area is 192 Å². The van der Waals surface area contributed by atoms with Gasteiger partial charge in [-0.3, -0.25) is 4.79 Å². The molecule has 0 saturated heterocycles. The van der Waals surface area contributed by atoms with Gasteiger partial charge in [0.05, 0.1) is 0 Å². The van der Waals surface area contributed by atoms with Crippen LogP contribution in [0.4, 0.5) is 0 Å². The second-order valence-corrected chi connectivity index (χ2v) is 15.1. The molecule has 5 aliphatic rings. The smallest absolute Gasteiger partial charge is 0.138 e. The lowest BCUT2D eigenvalue weighted by molar-refractivity contribution is -0.168. The van der Waals surface area contributed by atoms with Crippen molar-refractivity contribution < 1.29 is 4.79 Å². The maximum atomic E-state index is 12.9. The standard InChI is InChI=1S/C30H48O/c1-25(2)17-18-27(5)13-9-21-29(7)14-10-20-26(3,4)24(31)12-16-28(20,6)22(29)11-15-30(21,8)23(27)19-25/h9,20,22-23H,10-19H2,1-8H3/t20-,22-,23+,27-,28-,29-,30+/m0/s1. The Morgan fingerprint density at radius 3 is 2.03 bits per heavy atom. The van der Waals surface area contributed by atoms with Crippen molar-refractivity contribution in [3.63, 3.8) is 0 Å². The van der Waals surface area contributed by atoms with E-state index in [4.69, 9.17) is 0 Å². The van der Waals surface area contributed by atoms with Crippen molar-refractivity contribution in [1.29, 1.82) is 0 Å². The predicted molar refractivity (Wildman–Crippen MR) is 130 cm³/mol. The summed E-state index contributed by atoms with van der Waals surface area (Å²) in [4.78, 5) is 12.9. The number of carbonyl (C=O) groups is 1. The summed E-state index contributed by atoms with van der Waals surface area (Å²) in [5.41, 5.74) is 3.73. The van der Waals surface area contributed by atoms with Gasteiger partial charge in [-0.2, -0.15) is 0 Å². The molecule has 0 aromatic rings. The van der Waals surface area contributed by atoms with Gasteiger partial charge in [-0.05, 0) is 103 Å². The molecule has 5 aliphatic carbocycles. The van der Waals surface area contributed by atoms with Gasteiger partial charge in [-0.25, -0.2) is 0 Å². The SMILES string of the molecule is CC1(C)CC[C@]2(C)CC=C3[C@]4(C)CC[C@H]5C(C)(C)C(=O)CC[C@]5(C)[C@@H]4CC[C@@]3(C)[C@@H]2C1. The van der Waals surface area contributed by atoms with Crippen LogP contribution in [0.15, 0.2) is 11.6 Å². The molecule has 4 saturated carbocycles. The van der Waals surface area contributed by atoms with Crippen LogP contribution in [0.1, 0.15) is 120 Å². The number of ketones is 1. The molecule has 0 N–H and O–H groups in total. The molecule has 0 bridgehead atoms. The van der Waals surface area contributed by atoms with Crippen molar-refractivity contribution in [2.24, 2.45) is 50.2 Å². The third kappa shape index (κ3) is 2.76. The van der Waals surface area contributed by atoms with Crippen molar-refractivity contribution in [1.82, 2.24) is 0 Å². The highest BCUT2D eigenvalue weighted by Gasteiger charge is 2.66. The first-order chi connectivity index (χ1) is 14.2. The lowest BCUT2D eigenvalue weighted by atomic mass is 9.35. The van der Waals surface area contributed by atoms with E-state index in [9.17, 15) is 4.79 Å². The first-order valence-corrected chi connectivity index (χ1v) is 13.4. The molecular formula is C30H48O. The van der Waals surface area contributed by atoms with Gasteiger partial charge in [0.1, 0.15) is 5.78 Å². The zero-order valence-electron chi connectivity index (χ0n) is 21.8. The molecule has 0 aliphatic heterocycles. The summed E-state index contributed by atoms with van der Waals surface area (Å²) in [7, 11) is 0. The number of hydrogen-bond donors (Lipinski definition) is 0. The minimum atomic E-state index is -0.137. The molecule has 0 amide bonds. The molecule has 0 aromatic heterocycles. The van der Waals surface area contributed by atoms with Gasteiger partial charge in [0.15, 0.2) is 0 Å². The van der Waals surface area contributed by atoms with Gasteiger partial charge in [0, 0.05) is 11.8 Å². The number of fused-ring (bicyclic) bond motifs is 7. The number of Topliss-reactive ketones (excluding diaryl/α,β-unsaturated/α-hetero) is 1. The van der Waals surface area contributed by atoms with Crippen LogP contribution in [-0.2, 0) is 4.79 Å². The van der Waals surface area contributed by atoms with E-state index in [1.165, 1.54) is 51.4 Å². The van der Waals surface area contributed by atoms with Gasteiger partial charge >= 0.3 is 0 Å². The lowest BCUT2D eigenvalue weighted by Gasteiger charge is -2.69. The van der Waals surface area contributed by atoms with Crippen molar-refractivity contribution >= 4 is 5.78 Å². The molecular weight excluding hydrogens is 376 g/mol. The molecule has 0 heterocycles. The van der Waals surface area contributed by atoms with Crippen LogP contribution in [-0.4, -0.2) is 5.78 Å². The fourth-order valence-corrected chi connectivity index (χ4v) is 10.7. The fraction of sp³-hybridized carbons (Fsp3) is 0.900. The van der Waals surface area contributed by atoms with Gasteiger partial charge in [-0.1, -0.05) is 67.0 Å². The van der Waals surface area contributed by atoms with E-state index in [0.717, 1.165) is 24.7 Å². The van der Waals surface area contributed by atoms with Crippen molar-refractivity contribution in [2.45, 2.75) is 120 Å². The number of allylic oxidation sites excluding steroid dienone is 2. The lowest BCUT2D eigenvalue weighted by Crippen LogP contribution is -2.62. The Bertz CT molecular complexity index is 831. The van der Waals surface area contributed by atoms with Crippen LogP contribution in [0.2, 0.25) is 0 Å². The van der Waals surface area contributed by atoms with Gasteiger partial charge < -0.3 is 0 Å². The van der Waals surface area contributed by atoms with Gasteiger partial charge in [0.2, 0.25) is 0 Å². The zero-order chi connectivity index (χ0) is 22.7. The van der Waals surface area contributed by atoms with Crippen LogP contribution >= 0.6 is 0 Å². The van der Waals surface area contributed by atoms with Crippen LogP contribution in [0.3, 0.4) is 0 Å². The maximum Gasteiger partial charge on any atom is 0.138 e. The minimum Gasteiger partial charge on any atom is -0.299 e. The maximum absolute atomic E-state index is 12.9. The molecule has 174 valence electrons. The summed E-state index contributed by atoms with van der Waals surface area (Å²) in [6.45, 7) is 20.1. The Morgan fingerprint density at radius 1 is 0.742 bits per heavy atom. The highest BCUT2D eigenvalue weighted by molar-refractivity contribution is 5.85. The summed E-state index contributed by atoms with van der Waals surface area (Å²) in [6, 6.07) is 0. The van der Waals surface area contributed by atoms with E-state index in [1.54, 1.807) is 0 Å². The van der Waals surface area contributed by atoms with E-state index in [0.29, 0.717) is 38.8 Å². The Balaban J connectivity index is 1.56. The van der Waals surface area contributed by atoms with E-state index in [1.807, 2.05) is 5.57 Å². The second-order valence-electron chi connectivity index (χ2n) is 15.1. The highest BCUT2D eigenvalue weighted by Crippen LogP contribution is 2.74. The van der Waals surface area contributed by atoms with Gasteiger partial charge in [0.25, 0.3) is 0 Å². The fourth-order valence-electron chi connectivity index (χ4n) is 10.7. The molecule has 0 unspecified atom stereocenters. The Kier molecular flexibility index (Phi) is 4.51. The normalized spacial score (nSPS) is 52.8. The van der Waals surface area contributed by atoms with E-state index >= 15 is 0 Å². The van der Waals surface area contributed by atoms with Crippen molar-refractivity contribution in [3.05, 3.63) is 11.6 Å². The Hall–Kier alpha value is -0.590. The summed E-state index contributed by atoms with van der Waals surface area (Å²) in [5.74, 6) is 2.66. The summed E-state index contributed by atoms with van der Waals surface area (Å²) in [5, 5.41) is 0. The first-order valence-electron chi connectivity index (χ1n) is 13.4. The molecule has 0 radical (unpaired) electrons. The number of hydrogen-bond acceptors (Lipinski definition) is 1. The van der Waals surface area contributed by atoms with Gasteiger partial charge in [-0.15, -0.1) is 0 Å². The molecule has 1 heteroatoms. The number of rotatable bonds is 0. The molecule has 0 aromatic carbocycles. The number of carbonyl (C=O) groups excluding carboxylic acids is 1. The van der Waals surface area contributed by atoms with Crippen LogP contribution in [0, 0.1) is 50.2 Å². The van der Waals surface area contributed by atoms with E-state index in [-0.39, 0.29) is 5.41 Å². The molecule has 1 nitrogen and oxygen atoms in total. The second kappa shape index (κ2) is 6.29. The average molecular weight is 425 g/mol. The topological polar surface area (TPSA) is 17.1 Å². The van der Waals surface area contributed by atoms with E-state index < -0.39 is 0 Å². The summed E-state index contributed by atoms with van der Waals surface area (Å²) in [6.07, 6.45) is 15.5. The largest absolute Gasteiger partial charge is 0.299 e. The molecule has 7 atom stereocenters. The van der Waals surface area contributed by atoms with Crippen LogP contribution in [0.25, 0.3) is 0 Å². The van der Waals surface area contributed by atoms with Crippen molar-refractivity contribution in [3.8, 4) is 0 Å². The summed E-state index contributed by atoms with van der Waals surface area (Å²) < 4.78 is 0. The molecule has 0 spiro atoms.